The second kappa shape index (κ2) is 6.63. The van der Waals surface area contributed by atoms with Crippen molar-refractivity contribution in [2.24, 2.45) is 7.05 Å². The van der Waals surface area contributed by atoms with Crippen molar-refractivity contribution in [3.05, 3.63) is 66.9 Å². The summed E-state index contributed by atoms with van der Waals surface area (Å²) in [6.45, 7) is 0. The SMILES string of the molecule is CNc1nc(-c2cccnc2)nc2c(F)c(-c3ccc4c(cnn4C)c3)ccc12. The van der Waals surface area contributed by atoms with Crippen molar-refractivity contribution in [1.82, 2.24) is 24.7 Å². The van der Waals surface area contributed by atoms with Crippen molar-refractivity contribution in [3.63, 3.8) is 0 Å². The molecular weight excluding hydrogens is 367 g/mol. The number of hydrogen-bond acceptors (Lipinski definition) is 5. The number of aryl methyl sites for hydroxylation is 1. The molecule has 142 valence electrons. The molecule has 0 aliphatic carbocycles. The van der Waals surface area contributed by atoms with Gasteiger partial charge in [0.25, 0.3) is 0 Å². The predicted molar refractivity (Wildman–Crippen MR) is 112 cm³/mol. The van der Waals surface area contributed by atoms with E-state index in [0.717, 1.165) is 22.0 Å². The Kier molecular flexibility index (Phi) is 3.94. The number of halogens is 1. The summed E-state index contributed by atoms with van der Waals surface area (Å²) in [6, 6.07) is 13.1. The standard InChI is InChI=1S/C22H17FN6/c1-24-22-17-7-6-16(13-5-8-18-15(10-13)12-26-29(18)2)19(23)20(17)27-21(28-22)14-4-3-9-25-11-14/h3-12H,1-2H3,(H,24,27,28). The fraction of sp³-hybridized carbons (Fsp3) is 0.0909. The molecule has 3 heterocycles. The van der Waals surface area contributed by atoms with E-state index in [0.29, 0.717) is 22.6 Å². The van der Waals surface area contributed by atoms with E-state index in [-0.39, 0.29) is 11.3 Å². The Morgan fingerprint density at radius 1 is 1.00 bits per heavy atom. The van der Waals surface area contributed by atoms with Crippen LogP contribution >= 0.6 is 0 Å². The summed E-state index contributed by atoms with van der Waals surface area (Å²) < 4.78 is 17.4. The number of nitrogens with zero attached hydrogens (tertiary/aromatic N) is 5. The second-order valence-electron chi connectivity index (χ2n) is 6.75. The third-order valence-electron chi connectivity index (χ3n) is 5.02. The van der Waals surface area contributed by atoms with Crippen LogP contribution in [-0.2, 0) is 7.05 Å². The molecule has 5 aromatic rings. The minimum Gasteiger partial charge on any atom is -0.373 e. The molecule has 0 amide bonds. The first-order chi connectivity index (χ1) is 14.2. The van der Waals surface area contributed by atoms with Gasteiger partial charge in [0.1, 0.15) is 11.3 Å². The Morgan fingerprint density at radius 2 is 1.90 bits per heavy atom. The first-order valence-electron chi connectivity index (χ1n) is 9.16. The number of fused-ring (bicyclic) bond motifs is 2. The van der Waals surface area contributed by atoms with Gasteiger partial charge in [0.05, 0.1) is 11.7 Å². The normalized spacial score (nSPS) is 11.3. The van der Waals surface area contributed by atoms with Crippen LogP contribution in [0.1, 0.15) is 0 Å². The van der Waals surface area contributed by atoms with Gasteiger partial charge in [0.15, 0.2) is 11.6 Å². The van der Waals surface area contributed by atoms with E-state index in [1.165, 1.54) is 0 Å². The molecule has 6 nitrogen and oxygen atoms in total. The molecule has 1 N–H and O–H groups in total. The van der Waals surface area contributed by atoms with Gasteiger partial charge in [-0.2, -0.15) is 5.10 Å². The van der Waals surface area contributed by atoms with E-state index < -0.39 is 0 Å². The lowest BCUT2D eigenvalue weighted by molar-refractivity contribution is 0.640. The maximum absolute atomic E-state index is 15.6. The summed E-state index contributed by atoms with van der Waals surface area (Å²) in [5.41, 5.74) is 3.26. The molecule has 0 aliphatic heterocycles. The highest BCUT2D eigenvalue weighted by Crippen LogP contribution is 2.33. The molecule has 0 aliphatic rings. The van der Waals surface area contributed by atoms with Gasteiger partial charge in [-0.25, -0.2) is 14.4 Å². The molecule has 7 heteroatoms. The van der Waals surface area contributed by atoms with Crippen molar-refractivity contribution >= 4 is 27.6 Å². The summed E-state index contributed by atoms with van der Waals surface area (Å²) in [5.74, 6) is 0.616. The monoisotopic (exact) mass is 384 g/mol. The summed E-state index contributed by atoms with van der Waals surface area (Å²) in [4.78, 5) is 13.2. The molecule has 0 bridgehead atoms. The van der Waals surface area contributed by atoms with Crippen LogP contribution in [0.2, 0.25) is 0 Å². The average Bonchev–Trinajstić information content (AvgIpc) is 3.14. The largest absolute Gasteiger partial charge is 0.373 e. The Morgan fingerprint density at radius 3 is 2.69 bits per heavy atom. The first-order valence-corrected chi connectivity index (χ1v) is 9.16. The minimum absolute atomic E-state index is 0.270. The molecule has 5 rings (SSSR count). The van der Waals surface area contributed by atoms with Gasteiger partial charge in [-0.15, -0.1) is 0 Å². The van der Waals surface area contributed by atoms with Crippen molar-refractivity contribution in [3.8, 4) is 22.5 Å². The van der Waals surface area contributed by atoms with E-state index in [2.05, 4.69) is 25.4 Å². The number of pyridine rings is 1. The quantitative estimate of drug-likeness (QED) is 0.498. The Hall–Kier alpha value is -3.87. The zero-order valence-electron chi connectivity index (χ0n) is 15.9. The van der Waals surface area contributed by atoms with Crippen molar-refractivity contribution in [1.29, 1.82) is 0 Å². The van der Waals surface area contributed by atoms with Crippen LogP contribution in [0.15, 0.2) is 61.1 Å². The number of benzene rings is 2. The maximum atomic E-state index is 15.6. The minimum atomic E-state index is -0.380. The first kappa shape index (κ1) is 17.2. The summed E-state index contributed by atoms with van der Waals surface area (Å²) in [7, 11) is 3.64. The molecule has 2 aromatic carbocycles. The van der Waals surface area contributed by atoms with Crippen molar-refractivity contribution in [2.45, 2.75) is 0 Å². The molecule has 0 unspecified atom stereocenters. The lowest BCUT2D eigenvalue weighted by atomic mass is 10.0. The molecule has 0 fully saturated rings. The number of aromatic nitrogens is 5. The van der Waals surface area contributed by atoms with Gasteiger partial charge >= 0.3 is 0 Å². The number of hydrogen-bond donors (Lipinski definition) is 1. The molecular formula is C22H17FN6. The Labute approximate surface area is 166 Å². The van der Waals surface area contributed by atoms with Gasteiger partial charge in [-0.1, -0.05) is 12.1 Å². The lowest BCUT2D eigenvalue weighted by Crippen LogP contribution is -2.01. The highest BCUT2D eigenvalue weighted by atomic mass is 19.1. The van der Waals surface area contributed by atoms with Crippen molar-refractivity contribution < 1.29 is 4.39 Å². The molecule has 0 saturated carbocycles. The zero-order chi connectivity index (χ0) is 20.0. The summed E-state index contributed by atoms with van der Waals surface area (Å²) >= 11 is 0. The van der Waals surface area contributed by atoms with Gasteiger partial charge < -0.3 is 5.32 Å². The third-order valence-corrected chi connectivity index (χ3v) is 5.02. The topological polar surface area (TPSA) is 68.5 Å². The predicted octanol–water partition coefficient (Wildman–Crippen LogP) is 4.43. The molecule has 0 spiro atoms. The average molecular weight is 384 g/mol. The highest BCUT2D eigenvalue weighted by molar-refractivity contribution is 5.95. The van der Waals surface area contributed by atoms with Gasteiger partial charge in [0, 0.05) is 48.4 Å². The molecule has 3 aromatic heterocycles. The summed E-state index contributed by atoms with van der Waals surface area (Å²) in [6.07, 6.45) is 5.12. The molecule has 0 saturated heterocycles. The summed E-state index contributed by atoms with van der Waals surface area (Å²) in [5, 5.41) is 8.89. The zero-order valence-corrected chi connectivity index (χ0v) is 15.9. The maximum Gasteiger partial charge on any atom is 0.163 e. The van der Waals surface area contributed by atoms with E-state index in [9.17, 15) is 0 Å². The van der Waals surface area contributed by atoms with Crippen LogP contribution in [0.25, 0.3) is 44.3 Å². The molecule has 0 atom stereocenters. The Bertz CT molecular complexity index is 1360. The van der Waals surface area contributed by atoms with E-state index in [1.807, 2.05) is 37.4 Å². The Balaban J connectivity index is 1.74. The van der Waals surface area contributed by atoms with Crippen LogP contribution in [-0.4, -0.2) is 31.8 Å². The highest BCUT2D eigenvalue weighted by Gasteiger charge is 2.16. The van der Waals surface area contributed by atoms with Crippen LogP contribution in [0.4, 0.5) is 10.2 Å². The van der Waals surface area contributed by atoms with Crippen molar-refractivity contribution in [2.75, 3.05) is 12.4 Å². The van der Waals surface area contributed by atoms with E-state index in [1.54, 1.807) is 42.5 Å². The lowest BCUT2D eigenvalue weighted by Gasteiger charge is -2.11. The second-order valence-corrected chi connectivity index (χ2v) is 6.75. The number of rotatable bonds is 3. The molecule has 29 heavy (non-hydrogen) atoms. The smallest absolute Gasteiger partial charge is 0.163 e. The third kappa shape index (κ3) is 2.79. The number of anilines is 1. The van der Waals surface area contributed by atoms with Gasteiger partial charge in [-0.05, 0) is 35.9 Å². The van der Waals surface area contributed by atoms with Gasteiger partial charge in [0.2, 0.25) is 0 Å². The van der Waals surface area contributed by atoms with Gasteiger partial charge in [-0.3, -0.25) is 9.67 Å². The fourth-order valence-corrected chi connectivity index (χ4v) is 3.53. The van der Waals surface area contributed by atoms with Crippen LogP contribution in [0.3, 0.4) is 0 Å². The van der Waals surface area contributed by atoms with E-state index >= 15 is 4.39 Å². The van der Waals surface area contributed by atoms with E-state index in [4.69, 9.17) is 0 Å². The fourth-order valence-electron chi connectivity index (χ4n) is 3.53. The van der Waals surface area contributed by atoms with Crippen LogP contribution < -0.4 is 5.32 Å². The van der Waals surface area contributed by atoms with Crippen LogP contribution in [0, 0.1) is 5.82 Å². The number of nitrogens with one attached hydrogen (secondary N) is 1. The molecule has 0 radical (unpaired) electrons. The van der Waals surface area contributed by atoms with Crippen LogP contribution in [0.5, 0.6) is 0 Å².